The van der Waals surface area contributed by atoms with Gasteiger partial charge in [-0.15, -0.1) is 0 Å². The van der Waals surface area contributed by atoms with Gasteiger partial charge in [-0.3, -0.25) is 14.9 Å². The summed E-state index contributed by atoms with van der Waals surface area (Å²) in [6.07, 6.45) is 4.83. The van der Waals surface area contributed by atoms with Gasteiger partial charge in [0.05, 0.1) is 7.11 Å². The minimum atomic E-state index is -0.459. The number of nitrogens with one attached hydrogen (secondary N) is 3. The van der Waals surface area contributed by atoms with E-state index in [4.69, 9.17) is 4.74 Å². The Morgan fingerprint density at radius 2 is 2.04 bits per heavy atom. The van der Waals surface area contributed by atoms with Crippen LogP contribution in [-0.2, 0) is 9.59 Å². The van der Waals surface area contributed by atoms with Gasteiger partial charge in [0.1, 0.15) is 6.04 Å². The molecule has 124 valence electrons. The van der Waals surface area contributed by atoms with E-state index in [1.54, 1.807) is 7.11 Å². The molecule has 2 saturated heterocycles. The Bertz CT molecular complexity index is 599. The topological polar surface area (TPSA) is 92.3 Å². The molecule has 2 fully saturated rings. The maximum Gasteiger partial charge on any atom is 0.249 e. The number of anilines is 1. The van der Waals surface area contributed by atoms with Crippen molar-refractivity contribution in [3.63, 3.8) is 0 Å². The van der Waals surface area contributed by atoms with Gasteiger partial charge in [-0.2, -0.15) is 0 Å². The number of imide groups is 1. The van der Waals surface area contributed by atoms with Crippen molar-refractivity contribution in [2.45, 2.75) is 37.6 Å². The number of hydrogen-bond acceptors (Lipinski definition) is 6. The Morgan fingerprint density at radius 3 is 2.74 bits per heavy atom. The second-order valence-electron chi connectivity index (χ2n) is 5.99. The molecule has 7 nitrogen and oxygen atoms in total. The van der Waals surface area contributed by atoms with Crippen molar-refractivity contribution < 1.29 is 14.3 Å². The number of aromatic nitrogens is 1. The first-order valence-corrected chi connectivity index (χ1v) is 8.02. The van der Waals surface area contributed by atoms with Crippen LogP contribution in [0.5, 0.6) is 5.75 Å². The molecular formula is C16H22N4O3. The third-order valence-electron chi connectivity index (χ3n) is 4.45. The third-order valence-corrected chi connectivity index (χ3v) is 4.45. The van der Waals surface area contributed by atoms with E-state index in [9.17, 15) is 9.59 Å². The summed E-state index contributed by atoms with van der Waals surface area (Å²) in [5.74, 6) is 1.12. The van der Waals surface area contributed by atoms with Crippen molar-refractivity contribution in [1.29, 1.82) is 0 Å². The zero-order valence-corrected chi connectivity index (χ0v) is 13.2. The first-order valence-electron chi connectivity index (χ1n) is 8.02. The highest BCUT2D eigenvalue weighted by molar-refractivity contribution is 6.01. The predicted octanol–water partition coefficient (Wildman–Crippen LogP) is 0.774. The zero-order valence-electron chi connectivity index (χ0n) is 13.2. The number of methoxy groups -OCH3 is 1. The van der Waals surface area contributed by atoms with E-state index in [1.807, 2.05) is 12.3 Å². The Hall–Kier alpha value is -2.15. The SMILES string of the molecule is COc1cc(C2CCNCC2)cnc1NC1CCC(=O)NC1=O. The number of amides is 2. The number of carbonyl (C=O) groups excluding carboxylic acids is 2. The smallest absolute Gasteiger partial charge is 0.249 e. The van der Waals surface area contributed by atoms with E-state index in [0.717, 1.165) is 31.5 Å². The molecule has 2 amide bonds. The molecule has 3 N–H and O–H groups in total. The lowest BCUT2D eigenvalue weighted by atomic mass is 9.91. The van der Waals surface area contributed by atoms with Gasteiger partial charge in [0.25, 0.3) is 0 Å². The summed E-state index contributed by atoms with van der Waals surface area (Å²) < 4.78 is 5.44. The lowest BCUT2D eigenvalue weighted by Crippen LogP contribution is -2.47. The summed E-state index contributed by atoms with van der Waals surface area (Å²) in [6, 6.07) is 1.54. The van der Waals surface area contributed by atoms with Crippen molar-refractivity contribution in [2.75, 3.05) is 25.5 Å². The normalized spacial score (nSPS) is 22.6. The molecule has 2 aliphatic heterocycles. The van der Waals surface area contributed by atoms with Crippen molar-refractivity contribution in [3.05, 3.63) is 17.8 Å². The Balaban J connectivity index is 1.74. The van der Waals surface area contributed by atoms with Crippen LogP contribution in [0, 0.1) is 0 Å². The van der Waals surface area contributed by atoms with Crippen LogP contribution < -0.4 is 20.7 Å². The monoisotopic (exact) mass is 318 g/mol. The fraction of sp³-hybridized carbons (Fsp3) is 0.562. The molecule has 1 aromatic rings. The standard InChI is InChI=1S/C16H22N4O3/c1-23-13-8-11(10-4-6-17-7-5-10)9-18-15(13)19-12-2-3-14(21)20-16(12)22/h8-10,12,17H,2-7H2,1H3,(H,18,19)(H,20,21,22). The molecule has 3 rings (SSSR count). The van der Waals surface area contributed by atoms with Crippen LogP contribution in [0.25, 0.3) is 0 Å². The number of rotatable bonds is 4. The lowest BCUT2D eigenvalue weighted by molar-refractivity contribution is -0.133. The highest BCUT2D eigenvalue weighted by Gasteiger charge is 2.27. The summed E-state index contributed by atoms with van der Waals surface area (Å²) in [5.41, 5.74) is 1.16. The highest BCUT2D eigenvalue weighted by Crippen LogP contribution is 2.31. The Labute approximate surface area is 135 Å². The van der Waals surface area contributed by atoms with Crippen molar-refractivity contribution in [3.8, 4) is 5.75 Å². The van der Waals surface area contributed by atoms with E-state index in [0.29, 0.717) is 30.3 Å². The van der Waals surface area contributed by atoms with E-state index in [2.05, 4.69) is 20.9 Å². The van der Waals surface area contributed by atoms with Crippen molar-refractivity contribution in [1.82, 2.24) is 15.6 Å². The van der Waals surface area contributed by atoms with Crippen LogP contribution in [-0.4, -0.2) is 43.0 Å². The molecule has 0 spiro atoms. The fourth-order valence-corrected chi connectivity index (χ4v) is 3.10. The maximum absolute atomic E-state index is 11.9. The molecule has 3 heterocycles. The van der Waals surface area contributed by atoms with E-state index < -0.39 is 6.04 Å². The molecule has 0 bridgehead atoms. The Morgan fingerprint density at radius 1 is 1.26 bits per heavy atom. The molecule has 0 saturated carbocycles. The van der Waals surface area contributed by atoms with Crippen molar-refractivity contribution in [2.24, 2.45) is 0 Å². The molecule has 0 radical (unpaired) electrons. The molecule has 1 aromatic heterocycles. The maximum atomic E-state index is 11.9. The van der Waals surface area contributed by atoms with Gasteiger partial charge in [-0.05, 0) is 49.9 Å². The second kappa shape index (κ2) is 6.95. The summed E-state index contributed by atoms with van der Waals surface area (Å²) in [7, 11) is 1.60. The van der Waals surface area contributed by atoms with Crippen LogP contribution in [0.3, 0.4) is 0 Å². The number of carbonyl (C=O) groups is 2. The highest BCUT2D eigenvalue weighted by atomic mass is 16.5. The summed E-state index contributed by atoms with van der Waals surface area (Å²) in [5, 5.41) is 8.77. The van der Waals surface area contributed by atoms with Crippen molar-refractivity contribution >= 4 is 17.6 Å². The first kappa shape index (κ1) is 15.7. The van der Waals surface area contributed by atoms with Gasteiger partial charge in [0.15, 0.2) is 11.6 Å². The molecule has 7 heteroatoms. The number of hydrogen-bond donors (Lipinski definition) is 3. The Kier molecular flexibility index (Phi) is 4.76. The summed E-state index contributed by atoms with van der Waals surface area (Å²) >= 11 is 0. The van der Waals surface area contributed by atoms with E-state index >= 15 is 0 Å². The largest absolute Gasteiger partial charge is 0.493 e. The molecule has 1 atom stereocenters. The third kappa shape index (κ3) is 3.61. The summed E-state index contributed by atoms with van der Waals surface area (Å²) in [4.78, 5) is 27.5. The molecule has 0 aromatic carbocycles. The van der Waals surface area contributed by atoms with Gasteiger partial charge >= 0.3 is 0 Å². The molecule has 23 heavy (non-hydrogen) atoms. The molecule has 2 aliphatic rings. The van der Waals surface area contributed by atoms with Gasteiger partial charge in [-0.1, -0.05) is 0 Å². The quantitative estimate of drug-likeness (QED) is 0.710. The number of piperidine rings is 2. The minimum Gasteiger partial charge on any atom is -0.493 e. The van der Waals surface area contributed by atoms with Crippen LogP contribution in [0.2, 0.25) is 0 Å². The number of pyridine rings is 1. The minimum absolute atomic E-state index is 0.228. The lowest BCUT2D eigenvalue weighted by Gasteiger charge is -2.25. The first-order chi connectivity index (χ1) is 11.2. The predicted molar refractivity (Wildman–Crippen MR) is 85.4 cm³/mol. The van der Waals surface area contributed by atoms with Gasteiger partial charge in [0.2, 0.25) is 11.8 Å². The second-order valence-corrected chi connectivity index (χ2v) is 5.99. The van der Waals surface area contributed by atoms with Gasteiger partial charge in [-0.25, -0.2) is 4.98 Å². The fourth-order valence-electron chi connectivity index (χ4n) is 3.10. The van der Waals surface area contributed by atoms with E-state index in [1.165, 1.54) is 0 Å². The zero-order chi connectivity index (χ0) is 16.2. The van der Waals surface area contributed by atoms with E-state index in [-0.39, 0.29) is 11.8 Å². The number of nitrogens with zero attached hydrogens (tertiary/aromatic N) is 1. The van der Waals surface area contributed by atoms with Crippen LogP contribution in [0.1, 0.15) is 37.2 Å². The summed E-state index contributed by atoms with van der Waals surface area (Å²) in [6.45, 7) is 2.03. The van der Waals surface area contributed by atoms with Crippen LogP contribution in [0.15, 0.2) is 12.3 Å². The number of ether oxygens (including phenoxy) is 1. The average Bonchev–Trinajstić information content (AvgIpc) is 2.58. The average molecular weight is 318 g/mol. The van der Waals surface area contributed by atoms with Crippen LogP contribution in [0.4, 0.5) is 5.82 Å². The van der Waals surface area contributed by atoms with Crippen LogP contribution >= 0.6 is 0 Å². The van der Waals surface area contributed by atoms with Gasteiger partial charge in [0, 0.05) is 12.6 Å². The van der Waals surface area contributed by atoms with Gasteiger partial charge < -0.3 is 15.4 Å². The molecular weight excluding hydrogens is 296 g/mol. The molecule has 1 unspecified atom stereocenters. The molecule has 0 aliphatic carbocycles.